The van der Waals surface area contributed by atoms with E-state index in [1.54, 1.807) is 17.0 Å². The minimum absolute atomic E-state index is 0.0193. The zero-order chi connectivity index (χ0) is 19.1. The van der Waals surface area contributed by atoms with Crippen LogP contribution in [0.2, 0.25) is 0 Å². The van der Waals surface area contributed by atoms with E-state index >= 15 is 0 Å². The van der Waals surface area contributed by atoms with E-state index in [-0.39, 0.29) is 17.6 Å². The average molecular weight is 377 g/mol. The third-order valence-electron chi connectivity index (χ3n) is 4.98. The van der Waals surface area contributed by atoms with Crippen LogP contribution in [0.5, 0.6) is 0 Å². The number of amides is 1. The first-order valence-corrected chi connectivity index (χ1v) is 8.96. The van der Waals surface area contributed by atoms with Gasteiger partial charge in [0.15, 0.2) is 11.5 Å². The summed E-state index contributed by atoms with van der Waals surface area (Å²) in [5.41, 5.74) is 2.37. The molecule has 1 unspecified atom stereocenters. The zero-order valence-corrected chi connectivity index (χ0v) is 14.8. The average Bonchev–Trinajstić information content (AvgIpc) is 3.42. The molecule has 1 N–H and O–H groups in total. The number of H-pyrrole nitrogens is 1. The van der Waals surface area contributed by atoms with Crippen LogP contribution in [-0.4, -0.2) is 37.7 Å². The fraction of sp³-hybridized carbons (Fsp3) is 0.200. The van der Waals surface area contributed by atoms with Crippen molar-refractivity contribution < 1.29 is 13.7 Å². The van der Waals surface area contributed by atoms with Gasteiger partial charge in [-0.2, -0.15) is 10.1 Å². The van der Waals surface area contributed by atoms with Crippen LogP contribution < -0.4 is 0 Å². The lowest BCUT2D eigenvalue weighted by Gasteiger charge is -2.16. The molecule has 8 heteroatoms. The summed E-state index contributed by atoms with van der Waals surface area (Å²) in [5.74, 6) is 0.412. The number of hydrogen-bond donors (Lipinski definition) is 1. The van der Waals surface area contributed by atoms with Crippen molar-refractivity contribution in [1.29, 1.82) is 0 Å². The Balaban J connectivity index is 1.35. The monoisotopic (exact) mass is 377 g/mol. The van der Waals surface area contributed by atoms with E-state index in [4.69, 9.17) is 4.52 Å². The summed E-state index contributed by atoms with van der Waals surface area (Å²) >= 11 is 0. The lowest BCUT2D eigenvalue weighted by molar-refractivity contribution is -0.128. The van der Waals surface area contributed by atoms with Crippen molar-refractivity contribution in [2.24, 2.45) is 0 Å². The molecule has 1 atom stereocenters. The number of rotatable bonds is 4. The summed E-state index contributed by atoms with van der Waals surface area (Å²) in [6, 6.07) is 13.9. The number of aromatic nitrogens is 4. The maximum atomic E-state index is 13.1. The summed E-state index contributed by atoms with van der Waals surface area (Å²) in [4.78, 5) is 18.6. The number of nitrogens with zero attached hydrogens (tertiary/aromatic N) is 4. The molecule has 7 nitrogen and oxygen atoms in total. The molecule has 1 aliphatic heterocycles. The summed E-state index contributed by atoms with van der Waals surface area (Å²) in [7, 11) is 0. The van der Waals surface area contributed by atoms with Crippen LogP contribution in [0.3, 0.4) is 0 Å². The van der Waals surface area contributed by atoms with Gasteiger partial charge in [-0.25, -0.2) is 4.39 Å². The summed E-state index contributed by atoms with van der Waals surface area (Å²) < 4.78 is 18.5. The van der Waals surface area contributed by atoms with E-state index in [1.165, 1.54) is 12.1 Å². The second-order valence-corrected chi connectivity index (χ2v) is 6.88. The molecular weight excluding hydrogens is 361 g/mol. The van der Waals surface area contributed by atoms with Crippen molar-refractivity contribution in [3.8, 4) is 11.6 Å². The van der Waals surface area contributed by atoms with Gasteiger partial charge in [-0.05, 0) is 23.8 Å². The van der Waals surface area contributed by atoms with Crippen molar-refractivity contribution in [3.05, 3.63) is 65.7 Å². The highest BCUT2D eigenvalue weighted by molar-refractivity contribution is 5.90. The molecule has 1 saturated heterocycles. The normalized spacial score (nSPS) is 17.0. The van der Waals surface area contributed by atoms with Crippen LogP contribution in [-0.2, 0) is 11.3 Å². The second-order valence-electron chi connectivity index (χ2n) is 6.88. The molecule has 4 aromatic rings. The molecule has 0 aliphatic carbocycles. The number of halogens is 1. The SMILES string of the molecule is O=C1CC(c2noc(-c3n[nH]c4ccccc34)n2)CN1Cc1ccc(F)cc1. The minimum Gasteiger partial charge on any atom is -0.338 e. The molecule has 0 radical (unpaired) electrons. The lowest BCUT2D eigenvalue weighted by atomic mass is 10.1. The standard InChI is InChI=1S/C20H16FN5O2/c21-14-7-5-12(6-8-14)10-26-11-13(9-17(26)27)19-22-20(28-25-19)18-15-3-1-2-4-16(15)23-24-18/h1-8,13H,9-11H2,(H,23,24). The van der Waals surface area contributed by atoms with Crippen LogP contribution >= 0.6 is 0 Å². The highest BCUT2D eigenvalue weighted by Gasteiger charge is 2.34. The fourth-order valence-corrected chi connectivity index (χ4v) is 3.53. The fourth-order valence-electron chi connectivity index (χ4n) is 3.53. The molecule has 0 bridgehead atoms. The van der Waals surface area contributed by atoms with Gasteiger partial charge in [0.2, 0.25) is 5.91 Å². The van der Waals surface area contributed by atoms with Crippen LogP contribution in [0.1, 0.15) is 23.7 Å². The molecule has 140 valence electrons. The maximum absolute atomic E-state index is 13.1. The van der Waals surface area contributed by atoms with Gasteiger partial charge in [-0.15, -0.1) is 0 Å². The largest absolute Gasteiger partial charge is 0.338 e. The van der Waals surface area contributed by atoms with Crippen molar-refractivity contribution in [2.75, 3.05) is 6.54 Å². The Morgan fingerprint density at radius 3 is 2.86 bits per heavy atom. The third-order valence-corrected chi connectivity index (χ3v) is 4.98. The molecule has 1 fully saturated rings. The van der Waals surface area contributed by atoms with E-state index < -0.39 is 0 Å². The molecule has 2 aromatic heterocycles. The smallest absolute Gasteiger partial charge is 0.279 e. The second kappa shape index (κ2) is 6.56. The number of benzene rings is 2. The highest BCUT2D eigenvalue weighted by atomic mass is 19.1. The molecule has 0 saturated carbocycles. The van der Waals surface area contributed by atoms with E-state index in [1.807, 2.05) is 24.3 Å². The molecular formula is C20H16FN5O2. The predicted molar refractivity (Wildman–Crippen MR) is 98.6 cm³/mol. The van der Waals surface area contributed by atoms with Crippen molar-refractivity contribution in [2.45, 2.75) is 18.9 Å². The topological polar surface area (TPSA) is 87.9 Å². The number of nitrogens with one attached hydrogen (secondary N) is 1. The predicted octanol–water partition coefficient (Wildman–Crippen LogP) is 3.27. The van der Waals surface area contributed by atoms with Gasteiger partial charge in [0.1, 0.15) is 5.82 Å². The first-order valence-electron chi connectivity index (χ1n) is 8.96. The maximum Gasteiger partial charge on any atom is 0.279 e. The Labute approximate surface area is 159 Å². The van der Waals surface area contributed by atoms with E-state index in [9.17, 15) is 9.18 Å². The van der Waals surface area contributed by atoms with Gasteiger partial charge < -0.3 is 9.42 Å². The zero-order valence-electron chi connectivity index (χ0n) is 14.8. The summed E-state index contributed by atoms with van der Waals surface area (Å²) in [6.07, 6.45) is 0.321. The number of hydrogen-bond acceptors (Lipinski definition) is 5. The highest BCUT2D eigenvalue weighted by Crippen LogP contribution is 2.30. The van der Waals surface area contributed by atoms with Crippen LogP contribution in [0.15, 0.2) is 53.1 Å². The van der Waals surface area contributed by atoms with E-state index in [2.05, 4.69) is 20.3 Å². The molecule has 0 spiro atoms. The van der Waals surface area contributed by atoms with Crippen LogP contribution in [0, 0.1) is 5.82 Å². The Bertz CT molecular complexity index is 1150. The van der Waals surface area contributed by atoms with Gasteiger partial charge in [0.05, 0.1) is 5.52 Å². The molecule has 1 aliphatic rings. The van der Waals surface area contributed by atoms with Crippen molar-refractivity contribution in [3.63, 3.8) is 0 Å². The number of carbonyl (C=O) groups is 1. The number of aromatic amines is 1. The lowest BCUT2D eigenvalue weighted by Crippen LogP contribution is -2.24. The molecule has 2 aromatic carbocycles. The van der Waals surface area contributed by atoms with Gasteiger partial charge in [-0.1, -0.05) is 35.5 Å². The third kappa shape index (κ3) is 2.92. The van der Waals surface area contributed by atoms with Crippen LogP contribution in [0.25, 0.3) is 22.5 Å². The van der Waals surface area contributed by atoms with Gasteiger partial charge >= 0.3 is 0 Å². The summed E-state index contributed by atoms with van der Waals surface area (Å²) in [5, 5.41) is 12.2. The first kappa shape index (κ1) is 16.6. The number of fused-ring (bicyclic) bond motifs is 1. The van der Waals surface area contributed by atoms with Gasteiger partial charge in [0.25, 0.3) is 5.89 Å². The van der Waals surface area contributed by atoms with Crippen molar-refractivity contribution >= 4 is 16.8 Å². The Morgan fingerprint density at radius 2 is 2.00 bits per heavy atom. The molecule has 28 heavy (non-hydrogen) atoms. The molecule has 3 heterocycles. The van der Waals surface area contributed by atoms with Gasteiger partial charge in [-0.3, -0.25) is 9.89 Å². The van der Waals surface area contributed by atoms with Crippen LogP contribution in [0.4, 0.5) is 4.39 Å². The quantitative estimate of drug-likeness (QED) is 0.590. The Kier molecular flexibility index (Phi) is 3.89. The molecule has 5 rings (SSSR count). The first-order chi connectivity index (χ1) is 13.7. The van der Waals surface area contributed by atoms with E-state index in [0.717, 1.165) is 16.5 Å². The Hall–Kier alpha value is -3.55. The minimum atomic E-state index is -0.292. The summed E-state index contributed by atoms with van der Waals surface area (Å²) in [6.45, 7) is 0.931. The number of carbonyl (C=O) groups excluding carboxylic acids is 1. The number of para-hydroxylation sites is 1. The van der Waals surface area contributed by atoms with Gasteiger partial charge in [0, 0.05) is 30.8 Å². The van der Waals surface area contributed by atoms with E-state index in [0.29, 0.717) is 36.9 Å². The van der Waals surface area contributed by atoms with Crippen molar-refractivity contribution in [1.82, 2.24) is 25.2 Å². The number of likely N-dealkylation sites (tertiary alicyclic amines) is 1. The Morgan fingerprint density at radius 1 is 1.18 bits per heavy atom. The molecule has 1 amide bonds.